The molecule has 0 heterocycles. The fraction of sp³-hybridized carbons (Fsp3) is 0.792. The monoisotopic (exact) mass is 354 g/mol. The minimum Gasteiger partial charge on any atom is -0.359 e. The van der Waals surface area contributed by atoms with Crippen molar-refractivity contribution < 1.29 is 9.53 Å². The number of ketones is 1. The summed E-state index contributed by atoms with van der Waals surface area (Å²) in [6.45, 7) is 9.06. The van der Waals surface area contributed by atoms with Crippen LogP contribution in [0.15, 0.2) is 11.6 Å². The van der Waals surface area contributed by atoms with Gasteiger partial charge in [-0.15, -0.1) is 6.42 Å². The van der Waals surface area contributed by atoms with Crippen molar-refractivity contribution in [3.05, 3.63) is 11.6 Å². The Morgan fingerprint density at radius 3 is 2.73 bits per heavy atom. The Balaban J connectivity index is 1.68. The number of terminal acetylenes is 1. The number of hydrogen-bond acceptors (Lipinski definition) is 2. The number of carbonyl (C=O) groups excluding carboxylic acids is 1. The van der Waals surface area contributed by atoms with Gasteiger partial charge in [-0.2, -0.15) is 0 Å². The van der Waals surface area contributed by atoms with Crippen LogP contribution >= 0.6 is 0 Å². The van der Waals surface area contributed by atoms with Gasteiger partial charge in [-0.1, -0.05) is 25.3 Å². The minimum atomic E-state index is -0.394. The molecule has 0 aromatic carbocycles. The van der Waals surface area contributed by atoms with Crippen LogP contribution in [0.1, 0.15) is 72.6 Å². The number of hydrogen-bond donors (Lipinski definition) is 0. The molecule has 7 atom stereocenters. The first kappa shape index (κ1) is 18.3. The minimum absolute atomic E-state index is 0.0904. The van der Waals surface area contributed by atoms with Gasteiger partial charge >= 0.3 is 0 Å². The molecule has 0 saturated heterocycles. The number of rotatable bonds is 2. The van der Waals surface area contributed by atoms with Crippen molar-refractivity contribution in [2.45, 2.75) is 84.3 Å². The van der Waals surface area contributed by atoms with E-state index in [-0.39, 0.29) is 11.5 Å². The van der Waals surface area contributed by atoms with E-state index in [9.17, 15) is 4.79 Å². The third kappa shape index (κ3) is 2.46. The quantitative estimate of drug-likeness (QED) is 0.639. The van der Waals surface area contributed by atoms with Crippen molar-refractivity contribution in [1.29, 1.82) is 0 Å². The van der Waals surface area contributed by atoms with Crippen LogP contribution < -0.4 is 0 Å². The fourth-order valence-electron chi connectivity index (χ4n) is 7.46. The highest BCUT2D eigenvalue weighted by Crippen LogP contribution is 2.66. The number of ether oxygens (including phenoxy) is 1. The number of fused-ring (bicyclic) bond motifs is 5. The lowest BCUT2D eigenvalue weighted by atomic mass is 9.48. The fourth-order valence-corrected chi connectivity index (χ4v) is 7.46. The second-order valence-electron chi connectivity index (χ2n) is 9.99. The zero-order valence-electron chi connectivity index (χ0n) is 16.9. The molecule has 0 bridgehead atoms. The highest BCUT2D eigenvalue weighted by atomic mass is 16.5. The van der Waals surface area contributed by atoms with E-state index in [1.54, 1.807) is 0 Å². The molecule has 26 heavy (non-hydrogen) atoms. The molecule has 3 saturated carbocycles. The third-order valence-electron chi connectivity index (χ3n) is 8.43. The van der Waals surface area contributed by atoms with Crippen LogP contribution in [0.2, 0.25) is 0 Å². The molecule has 4 aliphatic carbocycles. The maximum atomic E-state index is 11.9. The Kier molecular flexibility index (Phi) is 4.39. The summed E-state index contributed by atoms with van der Waals surface area (Å²) < 4.78 is 6.46. The van der Waals surface area contributed by atoms with E-state index >= 15 is 0 Å². The summed E-state index contributed by atoms with van der Waals surface area (Å²) in [5, 5.41) is 0. The van der Waals surface area contributed by atoms with Gasteiger partial charge in [0.25, 0.3) is 0 Å². The van der Waals surface area contributed by atoms with Crippen LogP contribution in [-0.4, -0.2) is 17.5 Å². The molecule has 0 amide bonds. The highest BCUT2D eigenvalue weighted by Gasteiger charge is 2.64. The summed E-state index contributed by atoms with van der Waals surface area (Å²) in [5.74, 6) is 6.91. The van der Waals surface area contributed by atoms with Crippen LogP contribution in [0.25, 0.3) is 0 Å². The molecule has 0 spiro atoms. The second kappa shape index (κ2) is 6.23. The zero-order valence-corrected chi connectivity index (χ0v) is 16.9. The molecular formula is C24H34O2. The molecule has 4 aliphatic rings. The first-order chi connectivity index (χ1) is 12.3. The van der Waals surface area contributed by atoms with Crippen LogP contribution in [-0.2, 0) is 9.53 Å². The van der Waals surface area contributed by atoms with E-state index in [4.69, 9.17) is 11.2 Å². The Bertz CT molecular complexity index is 668. The predicted molar refractivity (Wildman–Crippen MR) is 104 cm³/mol. The Labute approximate surface area is 159 Å². The van der Waals surface area contributed by atoms with Crippen LogP contribution in [0.5, 0.6) is 0 Å². The summed E-state index contributed by atoms with van der Waals surface area (Å²) in [6.07, 6.45) is 15.8. The van der Waals surface area contributed by atoms with Crippen LogP contribution in [0.4, 0.5) is 0 Å². The van der Waals surface area contributed by atoms with E-state index in [0.717, 1.165) is 37.5 Å². The highest BCUT2D eigenvalue weighted by molar-refractivity contribution is 5.91. The van der Waals surface area contributed by atoms with Gasteiger partial charge in [0.15, 0.2) is 5.78 Å². The van der Waals surface area contributed by atoms with Gasteiger partial charge in [-0.3, -0.25) is 4.79 Å². The number of allylic oxidation sites excluding steroid dienone is 1. The molecule has 3 fully saturated rings. The largest absolute Gasteiger partial charge is 0.359 e. The van der Waals surface area contributed by atoms with Crippen molar-refractivity contribution in [2.24, 2.45) is 35.0 Å². The lowest BCUT2D eigenvalue weighted by Crippen LogP contribution is -2.55. The summed E-state index contributed by atoms with van der Waals surface area (Å²) in [7, 11) is 0. The summed E-state index contributed by atoms with van der Waals surface area (Å²) >= 11 is 0. The first-order valence-electron chi connectivity index (χ1n) is 10.7. The molecule has 0 aliphatic heterocycles. The summed E-state index contributed by atoms with van der Waals surface area (Å²) in [4.78, 5) is 11.9. The maximum absolute atomic E-state index is 11.9. The van der Waals surface area contributed by atoms with E-state index in [0.29, 0.717) is 23.5 Å². The van der Waals surface area contributed by atoms with Crippen LogP contribution in [0.3, 0.4) is 0 Å². The van der Waals surface area contributed by atoms with Crippen molar-refractivity contribution in [3.8, 4) is 12.3 Å². The molecule has 142 valence electrons. The average Bonchev–Trinajstić information content (AvgIpc) is 2.87. The zero-order chi connectivity index (χ0) is 18.7. The van der Waals surface area contributed by atoms with Gasteiger partial charge in [-0.25, -0.2) is 0 Å². The first-order valence-corrected chi connectivity index (χ1v) is 10.7. The van der Waals surface area contributed by atoms with Crippen LogP contribution in [0, 0.1) is 47.3 Å². The third-order valence-corrected chi connectivity index (χ3v) is 8.43. The normalized spacial score (nSPS) is 47.6. The smallest absolute Gasteiger partial charge is 0.155 e. The molecule has 2 nitrogen and oxygen atoms in total. The number of carbonyl (C=O) groups is 1. The van der Waals surface area contributed by atoms with Gasteiger partial charge in [-0.05, 0) is 88.0 Å². The molecule has 0 radical (unpaired) electrons. The van der Waals surface area contributed by atoms with Gasteiger partial charge in [0, 0.05) is 11.8 Å². The van der Waals surface area contributed by atoms with E-state index in [1.807, 2.05) is 6.08 Å². The molecule has 0 aromatic rings. The molecular weight excluding hydrogens is 320 g/mol. The lowest BCUT2D eigenvalue weighted by molar-refractivity contribution is -0.145. The molecule has 4 unspecified atom stereocenters. The van der Waals surface area contributed by atoms with Gasteiger partial charge in [0.2, 0.25) is 0 Å². The van der Waals surface area contributed by atoms with Crippen molar-refractivity contribution in [1.82, 2.24) is 0 Å². The maximum Gasteiger partial charge on any atom is 0.155 e. The predicted octanol–water partition coefficient (Wildman–Crippen LogP) is 5.17. The molecule has 4 rings (SSSR count). The molecule has 0 N–H and O–H groups in total. The molecule has 0 aromatic heterocycles. The SMILES string of the molecule is C#C[C@]1(OC(C)C)CCC2C3C(CC[C@@]21C)C1CCC(=O)C=C1C[C@H]3C. The standard InChI is InChI=1S/C24H34O2/c1-6-24(26-15(2)3)12-10-21-22-16(4)13-17-14-18(25)7-8-19(17)20(22)9-11-23(21,24)5/h1,14-16,19-22H,7-13H2,2-5H3/t16-,19?,20?,21?,22?,23+,24+/m1/s1. The lowest BCUT2D eigenvalue weighted by Gasteiger charge is -2.57. The van der Waals surface area contributed by atoms with Gasteiger partial charge in [0.1, 0.15) is 5.60 Å². The van der Waals surface area contributed by atoms with Crippen molar-refractivity contribution in [2.75, 3.05) is 0 Å². The van der Waals surface area contributed by atoms with E-state index < -0.39 is 5.60 Å². The van der Waals surface area contributed by atoms with Crippen molar-refractivity contribution in [3.63, 3.8) is 0 Å². The van der Waals surface area contributed by atoms with Gasteiger partial charge < -0.3 is 4.74 Å². The van der Waals surface area contributed by atoms with Crippen molar-refractivity contribution >= 4 is 5.78 Å². The Hall–Kier alpha value is -1.07. The Morgan fingerprint density at radius 2 is 2.04 bits per heavy atom. The second-order valence-corrected chi connectivity index (χ2v) is 9.99. The molecule has 2 heteroatoms. The average molecular weight is 355 g/mol. The van der Waals surface area contributed by atoms with E-state index in [2.05, 4.69) is 33.6 Å². The topological polar surface area (TPSA) is 26.3 Å². The Morgan fingerprint density at radius 1 is 1.27 bits per heavy atom. The summed E-state index contributed by atoms with van der Waals surface area (Å²) in [6, 6.07) is 0. The van der Waals surface area contributed by atoms with Gasteiger partial charge in [0.05, 0.1) is 6.10 Å². The summed E-state index contributed by atoms with van der Waals surface area (Å²) in [5.41, 5.74) is 1.15. The van der Waals surface area contributed by atoms with E-state index in [1.165, 1.54) is 24.8 Å².